The minimum Gasteiger partial charge on any atom is -0.455 e. The van der Waals surface area contributed by atoms with E-state index in [1.165, 1.54) is 11.8 Å². The molecule has 2 atom stereocenters. The summed E-state index contributed by atoms with van der Waals surface area (Å²) in [5.74, 6) is -0.155. The summed E-state index contributed by atoms with van der Waals surface area (Å²) in [6.45, 7) is 1.55. The maximum Gasteiger partial charge on any atom is 0.319 e. The molecule has 1 saturated carbocycles. The first-order valence-electron chi connectivity index (χ1n) is 8.86. The van der Waals surface area contributed by atoms with Crippen molar-refractivity contribution in [2.45, 2.75) is 36.0 Å². The molecule has 3 rings (SSSR count). The van der Waals surface area contributed by atoms with Gasteiger partial charge >= 0.3 is 5.97 Å². The van der Waals surface area contributed by atoms with Crippen LogP contribution >= 0.6 is 11.8 Å². The summed E-state index contributed by atoms with van der Waals surface area (Å²) >= 11 is 1.42. The molecule has 2 aromatic carbocycles. The number of thioether (sulfide) groups is 1. The Morgan fingerprint density at radius 3 is 2.31 bits per heavy atom. The Morgan fingerprint density at radius 1 is 1.08 bits per heavy atom. The van der Waals surface area contributed by atoms with Crippen molar-refractivity contribution in [3.05, 3.63) is 66.2 Å². The van der Waals surface area contributed by atoms with Gasteiger partial charge in [0.2, 0.25) is 0 Å². The Kier molecular flexibility index (Phi) is 6.34. The monoisotopic (exact) mass is 369 g/mol. The average Bonchev–Trinajstić information content (AvgIpc) is 3.50. The number of hydrogen-bond donors (Lipinski definition) is 1. The molecular weight excluding hydrogens is 346 g/mol. The van der Waals surface area contributed by atoms with Crippen LogP contribution in [0.15, 0.2) is 65.6 Å². The van der Waals surface area contributed by atoms with Crippen LogP contribution in [0.2, 0.25) is 0 Å². The van der Waals surface area contributed by atoms with Crippen molar-refractivity contribution in [1.29, 1.82) is 0 Å². The molecule has 1 amide bonds. The third-order valence-electron chi connectivity index (χ3n) is 4.30. The fourth-order valence-electron chi connectivity index (χ4n) is 2.78. The Hall–Kier alpha value is -2.27. The van der Waals surface area contributed by atoms with Crippen LogP contribution in [0, 0.1) is 5.92 Å². The highest BCUT2D eigenvalue weighted by Gasteiger charge is 2.33. The van der Waals surface area contributed by atoms with Crippen LogP contribution in [0.1, 0.15) is 31.4 Å². The van der Waals surface area contributed by atoms with Crippen LogP contribution < -0.4 is 5.32 Å². The number of amides is 1. The van der Waals surface area contributed by atoms with Gasteiger partial charge in [0.15, 0.2) is 6.61 Å². The maximum absolute atomic E-state index is 12.2. The van der Waals surface area contributed by atoms with E-state index in [2.05, 4.69) is 5.32 Å². The number of nitrogens with one attached hydrogen (secondary N) is 1. The molecule has 5 heteroatoms. The molecule has 0 aliphatic heterocycles. The third kappa shape index (κ3) is 5.36. The first-order valence-corrected chi connectivity index (χ1v) is 9.74. The van der Waals surface area contributed by atoms with E-state index in [9.17, 15) is 9.59 Å². The van der Waals surface area contributed by atoms with Gasteiger partial charge in [-0.2, -0.15) is 0 Å². The number of carbonyl (C=O) groups excluding carboxylic acids is 2. The summed E-state index contributed by atoms with van der Waals surface area (Å²) < 4.78 is 5.20. The van der Waals surface area contributed by atoms with Crippen molar-refractivity contribution in [1.82, 2.24) is 5.32 Å². The Bertz CT molecular complexity index is 731. The molecule has 0 spiro atoms. The van der Waals surface area contributed by atoms with E-state index < -0.39 is 0 Å². The number of hydrogen-bond acceptors (Lipinski definition) is 4. The van der Waals surface area contributed by atoms with Crippen LogP contribution in [-0.4, -0.2) is 23.7 Å². The molecule has 1 fully saturated rings. The molecule has 136 valence electrons. The molecule has 26 heavy (non-hydrogen) atoms. The summed E-state index contributed by atoms with van der Waals surface area (Å²) in [5.41, 5.74) is 1.10. The highest BCUT2D eigenvalue weighted by atomic mass is 32.2. The van der Waals surface area contributed by atoms with Crippen LogP contribution in [0.3, 0.4) is 0 Å². The third-order valence-corrected chi connectivity index (χ3v) is 5.39. The first kappa shape index (κ1) is 18.5. The summed E-state index contributed by atoms with van der Waals surface area (Å²) in [7, 11) is 0. The number of carbonyl (C=O) groups is 2. The number of benzene rings is 2. The summed E-state index contributed by atoms with van der Waals surface area (Å²) in [6, 6.07) is 19.6. The second-order valence-electron chi connectivity index (χ2n) is 6.47. The van der Waals surface area contributed by atoms with Gasteiger partial charge < -0.3 is 10.1 Å². The van der Waals surface area contributed by atoms with Crippen molar-refractivity contribution < 1.29 is 14.3 Å². The molecule has 1 aliphatic rings. The lowest BCUT2D eigenvalue weighted by Gasteiger charge is -2.19. The molecule has 0 bridgehead atoms. The van der Waals surface area contributed by atoms with E-state index in [4.69, 9.17) is 4.74 Å². The van der Waals surface area contributed by atoms with Crippen molar-refractivity contribution in [3.63, 3.8) is 0 Å². The van der Waals surface area contributed by atoms with Crippen molar-refractivity contribution in [3.8, 4) is 0 Å². The minimum atomic E-state index is -0.378. The second kappa shape index (κ2) is 8.90. The van der Waals surface area contributed by atoms with E-state index in [-0.39, 0.29) is 29.8 Å². The minimum absolute atomic E-state index is 0.00137. The van der Waals surface area contributed by atoms with Crippen LogP contribution in [0.25, 0.3) is 0 Å². The quantitative estimate of drug-likeness (QED) is 0.565. The molecule has 0 radical (unpaired) electrons. The summed E-state index contributed by atoms with van der Waals surface area (Å²) in [5, 5.41) is 2.65. The zero-order valence-corrected chi connectivity index (χ0v) is 15.6. The lowest BCUT2D eigenvalue weighted by molar-refractivity contribution is -0.147. The summed E-state index contributed by atoms with van der Waals surface area (Å²) in [6.07, 6.45) is 2.23. The van der Waals surface area contributed by atoms with Gasteiger partial charge in [-0.3, -0.25) is 9.59 Å². The SMILES string of the molecule is CC(Sc1ccccc1)C(=O)OCC(=O)NC(c1ccccc1)C1CC1. The van der Waals surface area contributed by atoms with E-state index in [0.717, 1.165) is 23.3 Å². The normalized spacial score (nSPS) is 15.7. The Morgan fingerprint density at radius 2 is 1.69 bits per heavy atom. The van der Waals surface area contributed by atoms with E-state index in [1.54, 1.807) is 6.92 Å². The van der Waals surface area contributed by atoms with Gasteiger partial charge in [0.1, 0.15) is 5.25 Å². The zero-order chi connectivity index (χ0) is 18.4. The largest absolute Gasteiger partial charge is 0.455 e. The number of rotatable bonds is 8. The van der Waals surface area contributed by atoms with E-state index in [1.807, 2.05) is 60.7 Å². The predicted molar refractivity (Wildman–Crippen MR) is 103 cm³/mol. The van der Waals surface area contributed by atoms with Gasteiger partial charge in [-0.1, -0.05) is 48.5 Å². The average molecular weight is 369 g/mol. The lowest BCUT2D eigenvalue weighted by Crippen LogP contribution is -2.34. The fraction of sp³-hybridized carbons (Fsp3) is 0.333. The fourth-order valence-corrected chi connectivity index (χ4v) is 3.67. The van der Waals surface area contributed by atoms with Gasteiger partial charge in [-0.05, 0) is 43.4 Å². The van der Waals surface area contributed by atoms with Crippen LogP contribution in [0.4, 0.5) is 0 Å². The predicted octanol–water partition coefficient (Wildman–Crippen LogP) is 3.98. The molecular formula is C21H23NO3S. The Balaban J connectivity index is 1.47. The molecule has 0 heterocycles. The second-order valence-corrected chi connectivity index (χ2v) is 7.89. The lowest BCUT2D eigenvalue weighted by atomic mass is 10.0. The molecule has 1 aliphatic carbocycles. The van der Waals surface area contributed by atoms with Gasteiger partial charge in [0.25, 0.3) is 5.91 Å². The molecule has 2 unspecified atom stereocenters. The topological polar surface area (TPSA) is 55.4 Å². The molecule has 0 aromatic heterocycles. The number of ether oxygens (including phenoxy) is 1. The zero-order valence-electron chi connectivity index (χ0n) is 14.8. The number of esters is 1. The van der Waals surface area contributed by atoms with Crippen molar-refractivity contribution >= 4 is 23.6 Å². The highest BCUT2D eigenvalue weighted by molar-refractivity contribution is 8.00. The highest BCUT2D eigenvalue weighted by Crippen LogP contribution is 2.40. The van der Waals surface area contributed by atoms with Gasteiger partial charge in [0.05, 0.1) is 6.04 Å². The van der Waals surface area contributed by atoms with Crippen LogP contribution in [0.5, 0.6) is 0 Å². The molecule has 4 nitrogen and oxygen atoms in total. The smallest absolute Gasteiger partial charge is 0.319 e. The standard InChI is InChI=1S/C21H23NO3S/c1-15(26-18-10-6-3-7-11-18)21(24)25-14-19(23)22-20(17-12-13-17)16-8-4-2-5-9-16/h2-11,15,17,20H,12-14H2,1H3,(H,22,23). The van der Waals surface area contributed by atoms with Gasteiger partial charge in [0, 0.05) is 4.90 Å². The first-order chi connectivity index (χ1) is 12.6. The van der Waals surface area contributed by atoms with E-state index >= 15 is 0 Å². The van der Waals surface area contributed by atoms with E-state index in [0.29, 0.717) is 5.92 Å². The summed E-state index contributed by atoms with van der Waals surface area (Å²) in [4.78, 5) is 25.4. The molecule has 2 aromatic rings. The molecule has 1 N–H and O–H groups in total. The maximum atomic E-state index is 12.2. The van der Waals surface area contributed by atoms with Gasteiger partial charge in [-0.15, -0.1) is 11.8 Å². The van der Waals surface area contributed by atoms with Gasteiger partial charge in [-0.25, -0.2) is 0 Å². The molecule has 0 saturated heterocycles. The van der Waals surface area contributed by atoms with Crippen molar-refractivity contribution in [2.75, 3.05) is 6.61 Å². The van der Waals surface area contributed by atoms with Crippen LogP contribution in [-0.2, 0) is 14.3 Å². The Labute approximate surface area is 158 Å². The van der Waals surface area contributed by atoms with Crippen molar-refractivity contribution in [2.24, 2.45) is 5.92 Å².